The molecule has 0 spiro atoms. The highest BCUT2D eigenvalue weighted by Crippen LogP contribution is 2.37. The van der Waals surface area contributed by atoms with Gasteiger partial charge in [0.15, 0.2) is 17.3 Å². The standard InChI is InChI=1S/C29H28N6O5/c1-4-5-11-30-20-8-6-7-18(12-20)27-33-23-15-25(39-3)26(40-17(2)36)14-22(23)28(34-27)32-21-9-10-24-19(13-21)16-31-35(24)29(37)38/h6-10,12-16,30H,4-5,11H2,1-3H3,(H,37,38)(H,32,33,34). The van der Waals surface area contributed by atoms with Crippen molar-refractivity contribution in [1.82, 2.24) is 19.7 Å². The Kier molecular flexibility index (Phi) is 7.45. The summed E-state index contributed by atoms with van der Waals surface area (Å²) in [4.78, 5) is 32.9. The van der Waals surface area contributed by atoms with Crippen molar-refractivity contribution in [2.24, 2.45) is 0 Å². The predicted molar refractivity (Wildman–Crippen MR) is 153 cm³/mol. The van der Waals surface area contributed by atoms with Crippen molar-refractivity contribution in [2.45, 2.75) is 26.7 Å². The van der Waals surface area contributed by atoms with E-state index in [0.717, 1.165) is 35.3 Å². The van der Waals surface area contributed by atoms with Gasteiger partial charge in [0.25, 0.3) is 0 Å². The Bertz CT molecular complexity index is 1730. The molecule has 0 amide bonds. The van der Waals surface area contributed by atoms with E-state index < -0.39 is 12.1 Å². The summed E-state index contributed by atoms with van der Waals surface area (Å²) in [5.41, 5.74) is 3.47. The van der Waals surface area contributed by atoms with Gasteiger partial charge in [-0.15, -0.1) is 0 Å². The largest absolute Gasteiger partial charge is 0.493 e. The monoisotopic (exact) mass is 540 g/mol. The number of hydrogen-bond acceptors (Lipinski definition) is 9. The van der Waals surface area contributed by atoms with Crippen molar-refractivity contribution in [2.75, 3.05) is 24.3 Å². The minimum Gasteiger partial charge on any atom is -0.493 e. The van der Waals surface area contributed by atoms with E-state index in [0.29, 0.717) is 44.9 Å². The van der Waals surface area contributed by atoms with E-state index in [2.05, 4.69) is 22.7 Å². The molecule has 11 nitrogen and oxygen atoms in total. The van der Waals surface area contributed by atoms with Crippen LogP contribution in [0.5, 0.6) is 11.5 Å². The van der Waals surface area contributed by atoms with Gasteiger partial charge in [-0.25, -0.2) is 14.8 Å². The molecule has 2 heterocycles. The molecule has 0 radical (unpaired) electrons. The van der Waals surface area contributed by atoms with Crippen LogP contribution in [0.4, 0.5) is 22.0 Å². The highest BCUT2D eigenvalue weighted by Gasteiger charge is 2.17. The molecule has 0 aliphatic heterocycles. The molecule has 2 aromatic heterocycles. The third kappa shape index (κ3) is 5.48. The molecule has 0 saturated carbocycles. The summed E-state index contributed by atoms with van der Waals surface area (Å²) in [6, 6.07) is 16.4. The second-order valence-electron chi connectivity index (χ2n) is 9.11. The summed E-state index contributed by atoms with van der Waals surface area (Å²) >= 11 is 0. The Labute approximate surface area is 229 Å². The van der Waals surface area contributed by atoms with Gasteiger partial charge in [-0.05, 0) is 42.8 Å². The number of hydrogen-bond donors (Lipinski definition) is 3. The molecule has 0 atom stereocenters. The maximum Gasteiger partial charge on any atom is 0.432 e. The number of aromatic nitrogens is 4. The smallest absolute Gasteiger partial charge is 0.432 e. The summed E-state index contributed by atoms with van der Waals surface area (Å²) in [7, 11) is 1.49. The van der Waals surface area contributed by atoms with Gasteiger partial charge in [0.2, 0.25) is 0 Å². The van der Waals surface area contributed by atoms with Crippen molar-refractivity contribution < 1.29 is 24.2 Å². The number of nitrogens with zero attached hydrogens (tertiary/aromatic N) is 4. The van der Waals surface area contributed by atoms with Gasteiger partial charge in [0.05, 0.1) is 24.3 Å². The number of nitrogens with one attached hydrogen (secondary N) is 2. The molecule has 0 fully saturated rings. The fourth-order valence-electron chi connectivity index (χ4n) is 4.33. The topological polar surface area (TPSA) is 140 Å². The number of methoxy groups -OCH3 is 1. The maximum absolute atomic E-state index is 11.8. The number of benzene rings is 3. The average Bonchev–Trinajstić information content (AvgIpc) is 3.36. The van der Waals surface area contributed by atoms with E-state index in [1.807, 2.05) is 24.3 Å². The van der Waals surface area contributed by atoms with Crippen molar-refractivity contribution in [3.05, 3.63) is 60.8 Å². The fourth-order valence-corrected chi connectivity index (χ4v) is 4.33. The molecule has 0 bridgehead atoms. The van der Waals surface area contributed by atoms with Gasteiger partial charge >= 0.3 is 12.1 Å². The second-order valence-corrected chi connectivity index (χ2v) is 9.11. The van der Waals surface area contributed by atoms with Crippen LogP contribution in [0.3, 0.4) is 0 Å². The molecule has 204 valence electrons. The Balaban J connectivity index is 1.62. The number of carboxylic acid groups (broad SMARTS) is 1. The zero-order chi connectivity index (χ0) is 28.2. The number of carbonyl (C=O) groups excluding carboxylic acids is 1. The summed E-state index contributed by atoms with van der Waals surface area (Å²) < 4.78 is 11.8. The fraction of sp³-hybridized carbons (Fsp3) is 0.207. The lowest BCUT2D eigenvalue weighted by atomic mass is 10.1. The maximum atomic E-state index is 11.8. The van der Waals surface area contributed by atoms with Gasteiger partial charge in [-0.2, -0.15) is 9.78 Å². The molecule has 3 aromatic carbocycles. The summed E-state index contributed by atoms with van der Waals surface area (Å²) in [6.45, 7) is 4.32. The zero-order valence-electron chi connectivity index (χ0n) is 22.3. The molecule has 0 saturated heterocycles. The van der Waals surface area contributed by atoms with Crippen LogP contribution in [0.25, 0.3) is 33.2 Å². The van der Waals surface area contributed by atoms with Crippen molar-refractivity contribution >= 4 is 51.1 Å². The highest BCUT2D eigenvalue weighted by molar-refractivity contribution is 5.96. The first-order valence-corrected chi connectivity index (χ1v) is 12.8. The van der Waals surface area contributed by atoms with Crippen LogP contribution in [0, 0.1) is 0 Å². The summed E-state index contributed by atoms with van der Waals surface area (Å²) in [6.07, 6.45) is 2.47. The van der Waals surface area contributed by atoms with Gasteiger partial charge in [0.1, 0.15) is 5.82 Å². The minimum atomic E-state index is -1.17. The van der Waals surface area contributed by atoms with Crippen LogP contribution in [0.1, 0.15) is 26.7 Å². The van der Waals surface area contributed by atoms with Crippen LogP contribution in [-0.2, 0) is 4.79 Å². The first-order valence-electron chi connectivity index (χ1n) is 12.8. The molecular formula is C29H28N6O5. The lowest BCUT2D eigenvalue weighted by Crippen LogP contribution is -2.08. The van der Waals surface area contributed by atoms with E-state index in [9.17, 15) is 14.7 Å². The molecule has 11 heteroatoms. The number of anilines is 3. The van der Waals surface area contributed by atoms with Gasteiger partial charge in [-0.3, -0.25) is 4.79 Å². The van der Waals surface area contributed by atoms with Crippen LogP contribution in [0.15, 0.2) is 60.8 Å². The minimum absolute atomic E-state index is 0.238. The Hall–Kier alpha value is -5.19. The number of carbonyl (C=O) groups is 2. The van der Waals surface area contributed by atoms with Crippen molar-refractivity contribution in [1.29, 1.82) is 0 Å². The van der Waals surface area contributed by atoms with Crippen molar-refractivity contribution in [3.8, 4) is 22.9 Å². The normalized spacial score (nSPS) is 11.0. The molecule has 0 aliphatic rings. The Morgan fingerprint density at radius 1 is 1.02 bits per heavy atom. The van der Waals surface area contributed by atoms with E-state index in [-0.39, 0.29) is 5.75 Å². The third-order valence-corrected chi connectivity index (χ3v) is 6.23. The molecule has 3 N–H and O–H groups in total. The first-order chi connectivity index (χ1) is 19.4. The SMILES string of the molecule is CCCCNc1cccc(-c2nc(Nc3ccc4c(cnn4C(=O)O)c3)c3cc(OC(C)=O)c(OC)cc3n2)c1. The second kappa shape index (κ2) is 11.3. The summed E-state index contributed by atoms with van der Waals surface area (Å²) in [5.74, 6) is 1.05. The van der Waals surface area contributed by atoms with E-state index in [4.69, 9.17) is 19.4 Å². The Morgan fingerprint density at radius 3 is 2.62 bits per heavy atom. The number of esters is 1. The number of fused-ring (bicyclic) bond motifs is 2. The van der Waals surface area contributed by atoms with Gasteiger partial charge in [0, 0.05) is 47.2 Å². The summed E-state index contributed by atoms with van der Waals surface area (Å²) in [5, 5.41) is 21.3. The van der Waals surface area contributed by atoms with E-state index in [1.165, 1.54) is 20.2 Å². The van der Waals surface area contributed by atoms with E-state index in [1.54, 1.807) is 30.3 Å². The quantitative estimate of drug-likeness (QED) is 0.115. The zero-order valence-corrected chi connectivity index (χ0v) is 22.3. The molecule has 5 aromatic rings. The van der Waals surface area contributed by atoms with Crippen LogP contribution in [-0.4, -0.2) is 50.6 Å². The van der Waals surface area contributed by atoms with Gasteiger partial charge < -0.3 is 25.2 Å². The molecular weight excluding hydrogens is 512 g/mol. The average molecular weight is 541 g/mol. The number of ether oxygens (including phenoxy) is 2. The Morgan fingerprint density at radius 2 is 1.88 bits per heavy atom. The van der Waals surface area contributed by atoms with E-state index >= 15 is 0 Å². The lowest BCUT2D eigenvalue weighted by molar-refractivity contribution is -0.132. The van der Waals surface area contributed by atoms with Crippen LogP contribution in [0.2, 0.25) is 0 Å². The lowest BCUT2D eigenvalue weighted by Gasteiger charge is -2.15. The molecule has 40 heavy (non-hydrogen) atoms. The number of unbranched alkanes of at least 4 members (excludes halogenated alkanes) is 1. The predicted octanol–water partition coefficient (Wildman–Crippen LogP) is 6.06. The first kappa shape index (κ1) is 26.4. The highest BCUT2D eigenvalue weighted by atomic mass is 16.6. The third-order valence-electron chi connectivity index (χ3n) is 6.23. The van der Waals surface area contributed by atoms with Crippen molar-refractivity contribution in [3.63, 3.8) is 0 Å². The molecule has 0 aliphatic carbocycles. The molecule has 0 unspecified atom stereocenters. The molecule has 5 rings (SSSR count). The number of rotatable bonds is 9. The van der Waals surface area contributed by atoms with Gasteiger partial charge in [-0.1, -0.05) is 25.5 Å². The van der Waals surface area contributed by atoms with Crippen LogP contribution < -0.4 is 20.1 Å². The van der Waals surface area contributed by atoms with Crippen LogP contribution >= 0.6 is 0 Å².